The Labute approximate surface area is 253 Å². The largest absolute Gasteiger partial charge is 0.387 e. The standard InChI is InChI=1S/C34H63NO5S/c1-3-5-7-9-11-13-15-17-18-20-22-24-26-28-30-34(37)35-32(31-41(38,39)40)33(36)29-27-25-23-21-19-16-14-12-10-8-6-4-2/h9,11,15,17,27,29,32-33,36H,3-8,10,12-14,16,18-26,28,30-31H2,1-2H3,(H,35,37)(H,38,39,40)/b11-9-,17-15-,29-27+. The number of hydrogen-bond acceptors (Lipinski definition) is 4. The van der Waals surface area contributed by atoms with Crippen molar-refractivity contribution in [3.05, 3.63) is 36.5 Å². The van der Waals surface area contributed by atoms with Crippen LogP contribution in [0.15, 0.2) is 36.5 Å². The topological polar surface area (TPSA) is 104 Å². The molecular formula is C34H63NO5S. The molecule has 2 atom stereocenters. The highest BCUT2D eigenvalue weighted by Gasteiger charge is 2.24. The molecule has 41 heavy (non-hydrogen) atoms. The molecule has 0 aliphatic carbocycles. The van der Waals surface area contributed by atoms with E-state index in [1.54, 1.807) is 6.08 Å². The van der Waals surface area contributed by atoms with Gasteiger partial charge in [-0.2, -0.15) is 8.42 Å². The van der Waals surface area contributed by atoms with E-state index in [1.807, 2.05) is 6.08 Å². The van der Waals surface area contributed by atoms with Crippen LogP contribution in [0.5, 0.6) is 0 Å². The molecule has 3 N–H and O–H groups in total. The summed E-state index contributed by atoms with van der Waals surface area (Å²) in [5.74, 6) is -0.999. The first-order chi connectivity index (χ1) is 19.8. The average molecular weight is 598 g/mol. The normalized spacial score (nSPS) is 14.0. The van der Waals surface area contributed by atoms with Crippen LogP contribution in [0.2, 0.25) is 0 Å². The lowest BCUT2D eigenvalue weighted by atomic mass is 10.1. The summed E-state index contributed by atoms with van der Waals surface area (Å²) in [7, 11) is -4.34. The number of rotatable bonds is 29. The maximum Gasteiger partial charge on any atom is 0.267 e. The third-order valence-electron chi connectivity index (χ3n) is 7.31. The van der Waals surface area contributed by atoms with E-state index in [0.717, 1.165) is 57.8 Å². The highest BCUT2D eigenvalue weighted by Crippen LogP contribution is 2.12. The molecule has 1 amide bonds. The molecule has 0 fully saturated rings. The molecule has 240 valence electrons. The maximum atomic E-state index is 12.4. The SMILES string of the molecule is CCCC/C=C\C/C=C\CCCCCCCC(=O)NC(CS(=O)(=O)O)C(O)/C=C/CCCCCCCCCCCC. The molecule has 0 saturated carbocycles. The van der Waals surface area contributed by atoms with Gasteiger partial charge in [-0.25, -0.2) is 0 Å². The maximum absolute atomic E-state index is 12.4. The van der Waals surface area contributed by atoms with Crippen molar-refractivity contribution in [1.82, 2.24) is 5.32 Å². The van der Waals surface area contributed by atoms with Crippen LogP contribution in [0.4, 0.5) is 0 Å². The van der Waals surface area contributed by atoms with Crippen molar-refractivity contribution in [2.24, 2.45) is 0 Å². The molecule has 0 bridgehead atoms. The summed E-state index contributed by atoms with van der Waals surface area (Å²) in [5.41, 5.74) is 0. The molecule has 0 aliphatic rings. The van der Waals surface area contributed by atoms with E-state index in [0.29, 0.717) is 6.42 Å². The van der Waals surface area contributed by atoms with Crippen molar-refractivity contribution in [3.8, 4) is 0 Å². The van der Waals surface area contributed by atoms with Gasteiger partial charge in [-0.3, -0.25) is 9.35 Å². The minimum absolute atomic E-state index is 0.279. The Morgan fingerprint density at radius 2 is 1.12 bits per heavy atom. The monoisotopic (exact) mass is 597 g/mol. The van der Waals surface area contributed by atoms with Gasteiger partial charge in [0.15, 0.2) is 0 Å². The number of amides is 1. The quantitative estimate of drug-likeness (QED) is 0.0453. The van der Waals surface area contributed by atoms with Gasteiger partial charge in [-0.1, -0.05) is 140 Å². The molecule has 0 aromatic carbocycles. The number of aliphatic hydroxyl groups is 1. The third kappa shape index (κ3) is 29.8. The molecule has 0 radical (unpaired) electrons. The van der Waals surface area contributed by atoms with Gasteiger partial charge in [0.2, 0.25) is 5.91 Å². The number of carbonyl (C=O) groups is 1. The first-order valence-electron chi connectivity index (χ1n) is 16.7. The van der Waals surface area contributed by atoms with E-state index >= 15 is 0 Å². The molecule has 0 heterocycles. The Balaban J connectivity index is 4.08. The molecule has 2 unspecified atom stereocenters. The average Bonchev–Trinajstić information content (AvgIpc) is 2.92. The minimum atomic E-state index is -4.34. The number of nitrogens with one attached hydrogen (secondary N) is 1. The van der Waals surface area contributed by atoms with Crippen LogP contribution < -0.4 is 5.32 Å². The van der Waals surface area contributed by atoms with Crippen LogP contribution in [0.25, 0.3) is 0 Å². The lowest BCUT2D eigenvalue weighted by molar-refractivity contribution is -0.122. The first kappa shape index (κ1) is 39.6. The van der Waals surface area contributed by atoms with Crippen molar-refractivity contribution in [1.29, 1.82) is 0 Å². The van der Waals surface area contributed by atoms with Crippen molar-refractivity contribution >= 4 is 16.0 Å². The van der Waals surface area contributed by atoms with Crippen molar-refractivity contribution < 1.29 is 22.9 Å². The van der Waals surface area contributed by atoms with Crippen molar-refractivity contribution in [2.75, 3.05) is 5.75 Å². The fourth-order valence-electron chi connectivity index (χ4n) is 4.76. The summed E-state index contributed by atoms with van der Waals surface area (Å²) in [4.78, 5) is 12.4. The van der Waals surface area contributed by atoms with Gasteiger partial charge in [0.1, 0.15) is 0 Å². The molecule has 0 aromatic heterocycles. The highest BCUT2D eigenvalue weighted by molar-refractivity contribution is 7.85. The fraction of sp³-hybridized carbons (Fsp3) is 0.794. The zero-order valence-corrected chi connectivity index (χ0v) is 27.2. The van der Waals surface area contributed by atoms with Crippen molar-refractivity contribution in [3.63, 3.8) is 0 Å². The summed E-state index contributed by atoms with van der Waals surface area (Å²) >= 11 is 0. The molecule has 0 aliphatic heterocycles. The Morgan fingerprint density at radius 1 is 0.659 bits per heavy atom. The van der Waals surface area contributed by atoms with Gasteiger partial charge in [-0.05, 0) is 44.9 Å². The van der Waals surface area contributed by atoms with Crippen molar-refractivity contribution in [2.45, 2.75) is 167 Å². The predicted octanol–water partition coefficient (Wildman–Crippen LogP) is 9.01. The Bertz CT molecular complexity index is 791. The van der Waals surface area contributed by atoms with Gasteiger partial charge < -0.3 is 10.4 Å². The predicted molar refractivity (Wildman–Crippen MR) is 175 cm³/mol. The van der Waals surface area contributed by atoms with E-state index in [2.05, 4.69) is 43.5 Å². The molecule has 0 aromatic rings. The molecule has 7 heteroatoms. The third-order valence-corrected chi connectivity index (χ3v) is 8.09. The van der Waals surface area contributed by atoms with Gasteiger partial charge in [-0.15, -0.1) is 0 Å². The molecular weight excluding hydrogens is 534 g/mol. The minimum Gasteiger partial charge on any atom is -0.387 e. The molecule has 0 rings (SSSR count). The second-order valence-electron chi connectivity index (χ2n) is 11.4. The fourth-order valence-corrected chi connectivity index (χ4v) is 5.49. The van der Waals surface area contributed by atoms with Crippen LogP contribution in [0.1, 0.15) is 155 Å². The zero-order valence-electron chi connectivity index (χ0n) is 26.4. The Kier molecular flexibility index (Phi) is 27.7. The van der Waals surface area contributed by atoms with Crippen LogP contribution >= 0.6 is 0 Å². The summed E-state index contributed by atoms with van der Waals surface area (Å²) in [6, 6.07) is -1.06. The van der Waals surface area contributed by atoms with E-state index in [1.165, 1.54) is 70.6 Å². The summed E-state index contributed by atoms with van der Waals surface area (Å²) in [6.45, 7) is 4.44. The van der Waals surface area contributed by atoms with E-state index < -0.39 is 28.0 Å². The lowest BCUT2D eigenvalue weighted by Gasteiger charge is -2.21. The number of hydrogen-bond donors (Lipinski definition) is 3. The Morgan fingerprint density at radius 3 is 1.66 bits per heavy atom. The van der Waals surface area contributed by atoms with Crippen LogP contribution in [0, 0.1) is 0 Å². The second kappa shape index (κ2) is 28.7. The summed E-state index contributed by atoms with van der Waals surface area (Å²) in [5, 5.41) is 13.1. The smallest absolute Gasteiger partial charge is 0.267 e. The highest BCUT2D eigenvalue weighted by atomic mass is 32.2. The van der Waals surface area contributed by atoms with Gasteiger partial charge in [0.05, 0.1) is 17.9 Å². The second-order valence-corrected chi connectivity index (χ2v) is 12.9. The van der Waals surface area contributed by atoms with Crippen LogP contribution in [0.3, 0.4) is 0 Å². The number of carbonyl (C=O) groups excluding carboxylic acids is 1. The number of aliphatic hydroxyl groups excluding tert-OH is 1. The van der Waals surface area contributed by atoms with Crippen LogP contribution in [-0.2, 0) is 14.9 Å². The molecule has 0 spiro atoms. The van der Waals surface area contributed by atoms with Gasteiger partial charge >= 0.3 is 0 Å². The zero-order chi connectivity index (χ0) is 30.4. The molecule has 6 nitrogen and oxygen atoms in total. The molecule has 0 saturated heterocycles. The van der Waals surface area contributed by atoms with E-state index in [9.17, 15) is 22.9 Å². The lowest BCUT2D eigenvalue weighted by Crippen LogP contribution is -2.46. The van der Waals surface area contributed by atoms with E-state index in [4.69, 9.17) is 0 Å². The number of allylic oxidation sites excluding steroid dienone is 5. The van der Waals surface area contributed by atoms with Gasteiger partial charge in [0, 0.05) is 6.42 Å². The van der Waals surface area contributed by atoms with E-state index in [-0.39, 0.29) is 12.3 Å². The first-order valence-corrected chi connectivity index (χ1v) is 18.3. The van der Waals surface area contributed by atoms with Crippen LogP contribution in [-0.4, -0.2) is 41.9 Å². The van der Waals surface area contributed by atoms with Gasteiger partial charge in [0.25, 0.3) is 10.1 Å². The number of unbranched alkanes of at least 4 members (excludes halogenated alkanes) is 17. The Hall–Kier alpha value is -1.44. The summed E-state index contributed by atoms with van der Waals surface area (Å²) in [6.07, 6.45) is 35.5. The summed E-state index contributed by atoms with van der Waals surface area (Å²) < 4.78 is 32.2.